The zero-order valence-corrected chi connectivity index (χ0v) is 14.4. The normalized spacial score (nSPS) is 10.1. The van der Waals surface area contributed by atoms with Gasteiger partial charge in [0.15, 0.2) is 6.61 Å². The highest BCUT2D eigenvalue weighted by Gasteiger charge is 2.11. The first-order valence-corrected chi connectivity index (χ1v) is 8.69. The summed E-state index contributed by atoms with van der Waals surface area (Å²) in [7, 11) is 0. The van der Waals surface area contributed by atoms with Crippen molar-refractivity contribution in [2.24, 2.45) is 0 Å². The number of esters is 1. The van der Waals surface area contributed by atoms with E-state index in [9.17, 15) is 9.59 Å². The average Bonchev–Trinajstić information content (AvgIpc) is 2.61. The Morgan fingerprint density at radius 2 is 1.79 bits per heavy atom. The van der Waals surface area contributed by atoms with Crippen LogP contribution in [0.25, 0.3) is 0 Å². The van der Waals surface area contributed by atoms with Gasteiger partial charge in [0.2, 0.25) is 0 Å². The van der Waals surface area contributed by atoms with Gasteiger partial charge < -0.3 is 14.8 Å². The quantitative estimate of drug-likeness (QED) is 0.613. The molecule has 0 atom stereocenters. The predicted octanol–water partition coefficient (Wildman–Crippen LogP) is 3.60. The average molecular weight is 345 g/mol. The van der Waals surface area contributed by atoms with E-state index in [-0.39, 0.29) is 12.5 Å². The van der Waals surface area contributed by atoms with Crippen molar-refractivity contribution < 1.29 is 19.1 Å². The van der Waals surface area contributed by atoms with Gasteiger partial charge in [-0.3, -0.25) is 4.79 Å². The predicted molar refractivity (Wildman–Crippen MR) is 94.7 cm³/mol. The van der Waals surface area contributed by atoms with Crippen LogP contribution >= 0.6 is 11.8 Å². The molecule has 5 nitrogen and oxygen atoms in total. The fraction of sp³-hybridized carbons (Fsp3) is 0.222. The maximum absolute atomic E-state index is 11.9. The van der Waals surface area contributed by atoms with E-state index in [2.05, 4.69) is 5.32 Å². The van der Waals surface area contributed by atoms with Crippen LogP contribution in [-0.4, -0.2) is 31.3 Å². The van der Waals surface area contributed by atoms with E-state index in [0.29, 0.717) is 23.6 Å². The topological polar surface area (TPSA) is 64.6 Å². The van der Waals surface area contributed by atoms with E-state index in [4.69, 9.17) is 9.47 Å². The monoisotopic (exact) mass is 345 g/mol. The Morgan fingerprint density at radius 3 is 2.46 bits per heavy atom. The van der Waals surface area contributed by atoms with Gasteiger partial charge in [0, 0.05) is 4.90 Å². The summed E-state index contributed by atoms with van der Waals surface area (Å²) in [5.41, 5.74) is 1.07. The Labute approximate surface area is 145 Å². The maximum Gasteiger partial charge on any atom is 0.338 e. The van der Waals surface area contributed by atoms with Gasteiger partial charge in [-0.2, -0.15) is 0 Å². The van der Waals surface area contributed by atoms with E-state index >= 15 is 0 Å². The number of rotatable bonds is 7. The first-order valence-electron chi connectivity index (χ1n) is 7.47. The number of thioether (sulfide) groups is 1. The highest BCUT2D eigenvalue weighted by Crippen LogP contribution is 2.24. The first-order chi connectivity index (χ1) is 11.6. The van der Waals surface area contributed by atoms with Crippen LogP contribution in [0.3, 0.4) is 0 Å². The molecule has 1 amide bonds. The van der Waals surface area contributed by atoms with Gasteiger partial charge in [-0.1, -0.05) is 12.1 Å². The molecule has 0 aliphatic heterocycles. The molecule has 126 valence electrons. The van der Waals surface area contributed by atoms with Gasteiger partial charge in [0.25, 0.3) is 5.91 Å². The summed E-state index contributed by atoms with van der Waals surface area (Å²) in [6.45, 7) is 2.10. The molecule has 0 unspecified atom stereocenters. The molecule has 6 heteroatoms. The van der Waals surface area contributed by atoms with Crippen molar-refractivity contribution in [2.45, 2.75) is 11.8 Å². The molecular formula is C18H19NO4S. The fourth-order valence-electron chi connectivity index (χ4n) is 2.00. The Kier molecular flexibility index (Phi) is 6.69. The van der Waals surface area contributed by atoms with Crippen molar-refractivity contribution in [1.29, 1.82) is 0 Å². The molecule has 24 heavy (non-hydrogen) atoms. The second-order valence-electron chi connectivity index (χ2n) is 4.78. The third kappa shape index (κ3) is 5.03. The Bertz CT molecular complexity index is 700. The molecule has 2 aromatic rings. The molecular weight excluding hydrogens is 326 g/mol. The molecule has 2 aromatic carbocycles. The lowest BCUT2D eigenvalue weighted by atomic mass is 10.2. The van der Waals surface area contributed by atoms with Crippen molar-refractivity contribution in [3.05, 3.63) is 54.1 Å². The second kappa shape index (κ2) is 8.98. The van der Waals surface area contributed by atoms with Crippen LogP contribution in [0.4, 0.5) is 5.69 Å². The van der Waals surface area contributed by atoms with Crippen LogP contribution in [0.1, 0.15) is 17.3 Å². The number of amides is 1. The van der Waals surface area contributed by atoms with Crippen LogP contribution < -0.4 is 10.1 Å². The summed E-state index contributed by atoms with van der Waals surface area (Å²) < 4.78 is 10.3. The van der Waals surface area contributed by atoms with E-state index in [1.165, 1.54) is 11.8 Å². The lowest BCUT2D eigenvalue weighted by Gasteiger charge is -2.10. The fourth-order valence-corrected chi connectivity index (χ4v) is 2.56. The van der Waals surface area contributed by atoms with E-state index in [1.54, 1.807) is 30.3 Å². The first kappa shape index (κ1) is 17.9. The van der Waals surface area contributed by atoms with Crippen LogP contribution in [0.5, 0.6) is 5.75 Å². The highest BCUT2D eigenvalue weighted by atomic mass is 32.2. The van der Waals surface area contributed by atoms with Crippen LogP contribution in [0, 0.1) is 0 Å². The van der Waals surface area contributed by atoms with Crippen molar-refractivity contribution in [3.8, 4) is 5.75 Å². The number of para-hydroxylation sites is 1. The number of carbonyl (C=O) groups excluding carboxylic acids is 2. The summed E-state index contributed by atoms with van der Waals surface area (Å²) in [5, 5.41) is 2.74. The maximum atomic E-state index is 11.9. The summed E-state index contributed by atoms with van der Waals surface area (Å²) in [4.78, 5) is 24.8. The number of nitrogens with one attached hydrogen (secondary N) is 1. The minimum atomic E-state index is -0.550. The minimum Gasteiger partial charge on any atom is -0.494 e. The zero-order valence-electron chi connectivity index (χ0n) is 13.6. The molecule has 0 radical (unpaired) electrons. The lowest BCUT2D eigenvalue weighted by molar-refractivity contribution is -0.119. The lowest BCUT2D eigenvalue weighted by Crippen LogP contribution is -2.21. The largest absolute Gasteiger partial charge is 0.494 e. The minimum absolute atomic E-state index is 0.339. The molecule has 0 saturated carbocycles. The number of hydrogen-bond acceptors (Lipinski definition) is 5. The third-order valence-electron chi connectivity index (χ3n) is 3.12. The Balaban J connectivity index is 1.87. The van der Waals surface area contributed by atoms with Crippen molar-refractivity contribution in [1.82, 2.24) is 0 Å². The van der Waals surface area contributed by atoms with Gasteiger partial charge in [0.05, 0.1) is 17.9 Å². The number of ether oxygens (including phenoxy) is 2. The standard InChI is InChI=1S/C18H19NO4S/c1-3-22-14-10-8-13(9-11-14)18(21)23-12-17(20)19-15-6-4-5-7-16(15)24-2/h4-11H,3,12H2,1-2H3,(H,19,20). The zero-order chi connectivity index (χ0) is 17.4. The van der Waals surface area contributed by atoms with E-state index < -0.39 is 5.97 Å². The number of hydrogen-bond donors (Lipinski definition) is 1. The second-order valence-corrected chi connectivity index (χ2v) is 5.63. The van der Waals surface area contributed by atoms with Crippen LogP contribution in [0.15, 0.2) is 53.4 Å². The molecule has 0 aliphatic carbocycles. The van der Waals surface area contributed by atoms with E-state index in [0.717, 1.165) is 4.90 Å². The molecule has 0 heterocycles. The molecule has 0 aromatic heterocycles. The van der Waals surface area contributed by atoms with Gasteiger partial charge in [-0.25, -0.2) is 4.79 Å². The summed E-state index contributed by atoms with van der Waals surface area (Å²) in [5.74, 6) is -0.248. The number of benzene rings is 2. The molecule has 0 aliphatic rings. The highest BCUT2D eigenvalue weighted by molar-refractivity contribution is 7.98. The van der Waals surface area contributed by atoms with E-state index in [1.807, 2.05) is 31.4 Å². The number of anilines is 1. The molecule has 0 spiro atoms. The summed E-state index contributed by atoms with van der Waals surface area (Å²) >= 11 is 1.53. The smallest absolute Gasteiger partial charge is 0.338 e. The number of carbonyl (C=O) groups is 2. The summed E-state index contributed by atoms with van der Waals surface area (Å²) in [6.07, 6.45) is 1.93. The van der Waals surface area contributed by atoms with Gasteiger partial charge >= 0.3 is 5.97 Å². The SMILES string of the molecule is CCOc1ccc(C(=O)OCC(=O)Nc2ccccc2SC)cc1. The Morgan fingerprint density at radius 1 is 1.08 bits per heavy atom. The Hall–Kier alpha value is -2.47. The third-order valence-corrected chi connectivity index (χ3v) is 3.91. The van der Waals surface area contributed by atoms with Gasteiger partial charge in [-0.15, -0.1) is 11.8 Å². The van der Waals surface area contributed by atoms with Gasteiger partial charge in [0.1, 0.15) is 5.75 Å². The van der Waals surface area contributed by atoms with Crippen molar-refractivity contribution >= 4 is 29.3 Å². The van der Waals surface area contributed by atoms with Crippen LogP contribution in [-0.2, 0) is 9.53 Å². The summed E-state index contributed by atoms with van der Waals surface area (Å²) in [6, 6.07) is 14.0. The van der Waals surface area contributed by atoms with Crippen molar-refractivity contribution in [3.63, 3.8) is 0 Å². The molecule has 1 N–H and O–H groups in total. The van der Waals surface area contributed by atoms with Crippen LogP contribution in [0.2, 0.25) is 0 Å². The van der Waals surface area contributed by atoms with Crippen molar-refractivity contribution in [2.75, 3.05) is 24.8 Å². The van der Waals surface area contributed by atoms with Gasteiger partial charge in [-0.05, 0) is 49.6 Å². The molecule has 0 fully saturated rings. The molecule has 2 rings (SSSR count). The molecule has 0 bridgehead atoms. The molecule has 0 saturated heterocycles.